The Morgan fingerprint density at radius 1 is 1.00 bits per heavy atom. The summed E-state index contributed by atoms with van der Waals surface area (Å²) in [5, 5.41) is 3.14. The molecule has 1 aromatic rings. The highest BCUT2D eigenvalue weighted by molar-refractivity contribution is 5.94. The Bertz CT molecular complexity index is 532. The van der Waals surface area contributed by atoms with E-state index in [1.165, 1.54) is 49.7 Å². The lowest BCUT2D eigenvalue weighted by atomic mass is 9.88. The Balaban J connectivity index is 1.79. The summed E-state index contributed by atoms with van der Waals surface area (Å²) in [6.07, 6.45) is 11.7. The molecule has 1 fully saturated rings. The molecule has 0 aliphatic heterocycles. The average Bonchev–Trinajstić information content (AvgIpc) is 2.79. The first-order chi connectivity index (χ1) is 10.8. The van der Waals surface area contributed by atoms with Crippen LogP contribution in [0.3, 0.4) is 0 Å². The minimum Gasteiger partial charge on any atom is -0.495 e. The van der Waals surface area contributed by atoms with E-state index in [9.17, 15) is 4.79 Å². The molecule has 2 aliphatic carbocycles. The number of ether oxygens (including phenoxy) is 1. The fourth-order valence-corrected chi connectivity index (χ4v) is 3.81. The first-order valence-electron chi connectivity index (χ1n) is 8.78. The van der Waals surface area contributed by atoms with Crippen molar-refractivity contribution < 1.29 is 9.53 Å². The highest BCUT2D eigenvalue weighted by Crippen LogP contribution is 2.33. The maximum atomic E-state index is 12.5. The number of nitrogens with one attached hydrogen (secondary N) is 1. The number of carbonyl (C=O) groups excluding carboxylic acids is 1. The minimum atomic E-state index is 0.173. The van der Waals surface area contributed by atoms with Crippen LogP contribution in [0.1, 0.15) is 62.5 Å². The summed E-state index contributed by atoms with van der Waals surface area (Å²) in [6.45, 7) is 0. The van der Waals surface area contributed by atoms with Gasteiger partial charge in [-0.3, -0.25) is 4.79 Å². The molecule has 0 unspecified atom stereocenters. The van der Waals surface area contributed by atoms with Gasteiger partial charge < -0.3 is 10.1 Å². The van der Waals surface area contributed by atoms with Crippen molar-refractivity contribution in [2.24, 2.45) is 5.92 Å². The lowest BCUT2D eigenvalue weighted by molar-refractivity contribution is -0.120. The highest BCUT2D eigenvalue weighted by Gasteiger charge is 2.22. The topological polar surface area (TPSA) is 38.3 Å². The Kier molecular flexibility index (Phi) is 5.01. The molecule has 22 heavy (non-hydrogen) atoms. The monoisotopic (exact) mass is 301 g/mol. The summed E-state index contributed by atoms with van der Waals surface area (Å²) < 4.78 is 5.53. The van der Waals surface area contributed by atoms with Gasteiger partial charge in [0.05, 0.1) is 12.8 Å². The van der Waals surface area contributed by atoms with Crippen LogP contribution in [0.2, 0.25) is 0 Å². The molecule has 0 atom stereocenters. The van der Waals surface area contributed by atoms with Crippen molar-refractivity contribution in [1.82, 2.24) is 0 Å². The van der Waals surface area contributed by atoms with Crippen LogP contribution in [0, 0.1) is 5.92 Å². The quantitative estimate of drug-likeness (QED) is 0.836. The molecule has 3 rings (SSSR count). The molecule has 1 amide bonds. The van der Waals surface area contributed by atoms with Crippen LogP contribution in [0.15, 0.2) is 12.1 Å². The summed E-state index contributed by atoms with van der Waals surface area (Å²) in [5.41, 5.74) is 3.64. The molecule has 3 nitrogen and oxygen atoms in total. The Hall–Kier alpha value is -1.51. The lowest BCUT2D eigenvalue weighted by Gasteiger charge is -2.22. The van der Waals surface area contributed by atoms with E-state index in [1.54, 1.807) is 7.11 Å². The second kappa shape index (κ2) is 7.17. The fourth-order valence-electron chi connectivity index (χ4n) is 3.81. The van der Waals surface area contributed by atoms with Gasteiger partial charge in [0.1, 0.15) is 5.75 Å². The minimum absolute atomic E-state index is 0.173. The highest BCUT2D eigenvalue weighted by atomic mass is 16.5. The molecule has 1 aromatic carbocycles. The van der Waals surface area contributed by atoms with Crippen molar-refractivity contribution in [2.75, 3.05) is 12.4 Å². The molecule has 1 saturated carbocycles. The number of fused-ring (bicyclic) bond motifs is 1. The van der Waals surface area contributed by atoms with Crippen LogP contribution in [-0.2, 0) is 17.6 Å². The van der Waals surface area contributed by atoms with Crippen LogP contribution in [-0.4, -0.2) is 13.0 Å². The maximum absolute atomic E-state index is 12.5. The first kappa shape index (κ1) is 15.4. The summed E-state index contributed by atoms with van der Waals surface area (Å²) >= 11 is 0. The van der Waals surface area contributed by atoms with Gasteiger partial charge in [0, 0.05) is 5.92 Å². The number of aryl methyl sites for hydroxylation is 2. The fraction of sp³-hybridized carbons (Fsp3) is 0.632. The van der Waals surface area contributed by atoms with Gasteiger partial charge >= 0.3 is 0 Å². The summed E-state index contributed by atoms with van der Waals surface area (Å²) in [4.78, 5) is 12.5. The Labute approximate surface area is 133 Å². The van der Waals surface area contributed by atoms with Crippen molar-refractivity contribution in [3.63, 3.8) is 0 Å². The number of rotatable bonds is 3. The van der Waals surface area contributed by atoms with Crippen LogP contribution in [0.4, 0.5) is 5.69 Å². The van der Waals surface area contributed by atoms with Crippen LogP contribution in [0.5, 0.6) is 5.75 Å². The van der Waals surface area contributed by atoms with E-state index in [0.717, 1.165) is 37.1 Å². The number of anilines is 1. The normalized spacial score (nSPS) is 19.1. The molecule has 0 spiro atoms. The Morgan fingerprint density at radius 2 is 1.64 bits per heavy atom. The molecular weight excluding hydrogens is 274 g/mol. The third-order valence-electron chi connectivity index (χ3n) is 5.15. The van der Waals surface area contributed by atoms with E-state index in [0.29, 0.717) is 0 Å². The number of hydrogen-bond donors (Lipinski definition) is 1. The third kappa shape index (κ3) is 3.45. The average molecular weight is 301 g/mol. The second-order valence-corrected chi connectivity index (χ2v) is 6.71. The predicted octanol–water partition coefficient (Wildman–Crippen LogP) is 4.48. The molecule has 3 heteroatoms. The third-order valence-corrected chi connectivity index (χ3v) is 5.15. The number of benzene rings is 1. The van der Waals surface area contributed by atoms with Crippen LogP contribution in [0.25, 0.3) is 0 Å². The first-order valence-corrected chi connectivity index (χ1v) is 8.78. The van der Waals surface area contributed by atoms with Gasteiger partial charge in [0.2, 0.25) is 5.91 Å². The van der Waals surface area contributed by atoms with Gasteiger partial charge in [-0.15, -0.1) is 0 Å². The lowest BCUT2D eigenvalue weighted by Crippen LogP contribution is -2.25. The van der Waals surface area contributed by atoms with E-state index in [1.807, 2.05) is 0 Å². The molecule has 0 saturated heterocycles. The van der Waals surface area contributed by atoms with Gasteiger partial charge in [-0.2, -0.15) is 0 Å². The van der Waals surface area contributed by atoms with Gasteiger partial charge in [0.15, 0.2) is 0 Å². The molecule has 0 bridgehead atoms. The van der Waals surface area contributed by atoms with E-state index in [2.05, 4.69) is 17.4 Å². The molecule has 120 valence electrons. The van der Waals surface area contributed by atoms with Crippen molar-refractivity contribution >= 4 is 11.6 Å². The summed E-state index contributed by atoms with van der Waals surface area (Å²) in [5.74, 6) is 1.16. The van der Waals surface area contributed by atoms with E-state index in [-0.39, 0.29) is 11.8 Å². The number of hydrogen-bond acceptors (Lipinski definition) is 2. The number of methoxy groups -OCH3 is 1. The predicted molar refractivity (Wildman–Crippen MR) is 89.5 cm³/mol. The molecular formula is C19H27NO2. The van der Waals surface area contributed by atoms with Crippen molar-refractivity contribution in [3.05, 3.63) is 23.3 Å². The molecule has 0 heterocycles. The van der Waals surface area contributed by atoms with Crippen LogP contribution < -0.4 is 10.1 Å². The largest absolute Gasteiger partial charge is 0.495 e. The van der Waals surface area contributed by atoms with E-state index in [4.69, 9.17) is 4.74 Å². The number of carbonyl (C=O) groups is 1. The standard InChI is InChI=1S/C19H27NO2/c1-22-18-13-16-11-7-3-6-10-15(16)12-17(18)20-19(21)14-8-4-2-5-9-14/h12-14H,2-11H2,1H3,(H,20,21). The SMILES string of the molecule is COc1cc2c(cc1NC(=O)C1CCCCC1)CCCCC2. The zero-order chi connectivity index (χ0) is 15.4. The Morgan fingerprint density at radius 3 is 2.32 bits per heavy atom. The molecule has 0 aromatic heterocycles. The zero-order valence-electron chi connectivity index (χ0n) is 13.6. The second-order valence-electron chi connectivity index (χ2n) is 6.71. The van der Waals surface area contributed by atoms with Gasteiger partial charge in [0.25, 0.3) is 0 Å². The molecule has 2 aliphatic rings. The van der Waals surface area contributed by atoms with Crippen LogP contribution >= 0.6 is 0 Å². The summed E-state index contributed by atoms with van der Waals surface area (Å²) in [7, 11) is 1.69. The van der Waals surface area contributed by atoms with Crippen molar-refractivity contribution in [1.29, 1.82) is 0 Å². The van der Waals surface area contributed by atoms with Gasteiger partial charge in [-0.05, 0) is 61.8 Å². The summed E-state index contributed by atoms with van der Waals surface area (Å²) in [6, 6.07) is 4.29. The van der Waals surface area contributed by atoms with Gasteiger partial charge in [-0.1, -0.05) is 25.7 Å². The van der Waals surface area contributed by atoms with E-state index < -0.39 is 0 Å². The van der Waals surface area contributed by atoms with Gasteiger partial charge in [-0.25, -0.2) is 0 Å². The van der Waals surface area contributed by atoms with Crippen molar-refractivity contribution in [2.45, 2.75) is 64.2 Å². The number of amides is 1. The van der Waals surface area contributed by atoms with E-state index >= 15 is 0 Å². The zero-order valence-corrected chi connectivity index (χ0v) is 13.6. The van der Waals surface area contributed by atoms with Crippen molar-refractivity contribution in [3.8, 4) is 5.75 Å². The molecule has 0 radical (unpaired) electrons. The maximum Gasteiger partial charge on any atom is 0.227 e. The smallest absolute Gasteiger partial charge is 0.227 e. The molecule has 1 N–H and O–H groups in total.